The molecule has 5 rings (SSSR count). The van der Waals surface area contributed by atoms with Crippen LogP contribution in [0.5, 0.6) is 0 Å². The van der Waals surface area contributed by atoms with E-state index in [4.69, 9.17) is 4.98 Å². The molecule has 0 aliphatic carbocycles. The number of nitrogens with one attached hydrogen (secondary N) is 1. The molecule has 35 heavy (non-hydrogen) atoms. The molecule has 2 aliphatic heterocycles. The molecule has 2 saturated heterocycles. The lowest BCUT2D eigenvalue weighted by atomic mass is 10.0. The molecule has 7 nitrogen and oxygen atoms in total. The Morgan fingerprint density at radius 1 is 1.09 bits per heavy atom. The van der Waals surface area contributed by atoms with Crippen LogP contribution in [0.3, 0.4) is 0 Å². The summed E-state index contributed by atoms with van der Waals surface area (Å²) in [5, 5.41) is 8.13. The average Bonchev–Trinajstić information content (AvgIpc) is 3.34. The van der Waals surface area contributed by atoms with Crippen molar-refractivity contribution in [3.63, 3.8) is 0 Å². The molecule has 7 heteroatoms. The highest BCUT2D eigenvalue weighted by Crippen LogP contribution is 2.31. The zero-order chi connectivity index (χ0) is 24.0. The molecular formula is C28H37N7. The van der Waals surface area contributed by atoms with Crippen LogP contribution in [0.2, 0.25) is 0 Å². The third-order valence-corrected chi connectivity index (χ3v) is 7.36. The van der Waals surface area contributed by atoms with Crippen LogP contribution in [0.15, 0.2) is 43.5 Å². The summed E-state index contributed by atoms with van der Waals surface area (Å²) >= 11 is 0. The van der Waals surface area contributed by atoms with Crippen molar-refractivity contribution in [2.24, 2.45) is 0 Å². The van der Waals surface area contributed by atoms with Gasteiger partial charge in [0.15, 0.2) is 5.65 Å². The predicted molar refractivity (Wildman–Crippen MR) is 145 cm³/mol. The van der Waals surface area contributed by atoms with Gasteiger partial charge in [-0.25, -0.2) is 9.50 Å². The van der Waals surface area contributed by atoms with Crippen LogP contribution < -0.4 is 10.2 Å². The number of anilines is 1. The number of aromatic nitrogens is 4. The standard InChI is InChI=1S/C28H37N7/c1-3-5-6-7-8-27-24(4-2)25(9-12-30-27)26-20-32-35-21-23(19-31-28(26)35)33-15-10-22(11-16-33)34-17-13-29-14-18-34/h4,7-9,12,19-22,29H,2-3,5-6,10-11,13-18H2,1H3/b8-7-. The minimum absolute atomic E-state index is 0.704. The van der Waals surface area contributed by atoms with E-state index in [9.17, 15) is 0 Å². The van der Waals surface area contributed by atoms with Gasteiger partial charge in [0.25, 0.3) is 0 Å². The fraction of sp³-hybridized carbons (Fsp3) is 0.464. The first kappa shape index (κ1) is 23.7. The fourth-order valence-electron chi connectivity index (χ4n) is 5.34. The molecule has 0 atom stereocenters. The molecule has 2 aliphatic rings. The molecule has 0 bridgehead atoms. The van der Waals surface area contributed by atoms with Crippen LogP contribution in [0.25, 0.3) is 28.9 Å². The van der Waals surface area contributed by atoms with Gasteiger partial charge in [-0.05, 0) is 37.0 Å². The van der Waals surface area contributed by atoms with Gasteiger partial charge >= 0.3 is 0 Å². The fourth-order valence-corrected chi connectivity index (χ4v) is 5.34. The summed E-state index contributed by atoms with van der Waals surface area (Å²) in [4.78, 5) is 14.6. The summed E-state index contributed by atoms with van der Waals surface area (Å²) < 4.78 is 1.91. The number of hydrogen-bond acceptors (Lipinski definition) is 6. The molecule has 3 aromatic heterocycles. The van der Waals surface area contributed by atoms with Crippen molar-refractivity contribution in [1.29, 1.82) is 0 Å². The van der Waals surface area contributed by atoms with E-state index >= 15 is 0 Å². The van der Waals surface area contributed by atoms with E-state index < -0.39 is 0 Å². The van der Waals surface area contributed by atoms with E-state index in [0.29, 0.717) is 6.04 Å². The lowest BCUT2D eigenvalue weighted by Gasteiger charge is -2.40. The maximum Gasteiger partial charge on any atom is 0.162 e. The number of pyridine rings is 1. The van der Waals surface area contributed by atoms with Gasteiger partial charge in [-0.3, -0.25) is 9.88 Å². The topological polar surface area (TPSA) is 61.6 Å². The number of rotatable bonds is 8. The van der Waals surface area contributed by atoms with Gasteiger partial charge in [-0.2, -0.15) is 5.10 Å². The van der Waals surface area contributed by atoms with E-state index in [2.05, 4.69) is 57.1 Å². The quantitative estimate of drug-likeness (QED) is 0.488. The van der Waals surface area contributed by atoms with Crippen LogP contribution in [-0.2, 0) is 0 Å². The molecule has 0 radical (unpaired) electrons. The first-order valence-electron chi connectivity index (χ1n) is 13.1. The molecule has 0 spiro atoms. The molecule has 0 saturated carbocycles. The molecule has 0 aromatic carbocycles. The highest BCUT2D eigenvalue weighted by Gasteiger charge is 2.26. The van der Waals surface area contributed by atoms with E-state index in [1.54, 1.807) is 0 Å². The van der Waals surface area contributed by atoms with Crippen LogP contribution in [0.1, 0.15) is 50.3 Å². The second-order valence-electron chi connectivity index (χ2n) is 9.55. The highest BCUT2D eigenvalue weighted by molar-refractivity contribution is 5.85. The van der Waals surface area contributed by atoms with Crippen LogP contribution in [0.4, 0.5) is 5.69 Å². The van der Waals surface area contributed by atoms with E-state index in [1.165, 1.54) is 38.8 Å². The summed E-state index contributed by atoms with van der Waals surface area (Å²) in [6, 6.07) is 2.74. The van der Waals surface area contributed by atoms with Gasteiger partial charge in [0.1, 0.15) is 0 Å². The number of fused-ring (bicyclic) bond motifs is 1. The van der Waals surface area contributed by atoms with Gasteiger partial charge in [-0.1, -0.05) is 38.5 Å². The Kier molecular flexibility index (Phi) is 7.54. The second-order valence-corrected chi connectivity index (χ2v) is 9.55. The maximum atomic E-state index is 4.86. The monoisotopic (exact) mass is 471 g/mol. The van der Waals surface area contributed by atoms with Crippen molar-refractivity contribution in [3.05, 3.63) is 54.8 Å². The van der Waals surface area contributed by atoms with E-state index in [0.717, 1.165) is 66.3 Å². The number of piperidine rings is 1. The third-order valence-electron chi connectivity index (χ3n) is 7.36. The summed E-state index contributed by atoms with van der Waals surface area (Å²) in [5.74, 6) is 0. The normalized spacial score (nSPS) is 18.0. The Morgan fingerprint density at radius 2 is 1.91 bits per heavy atom. The zero-order valence-electron chi connectivity index (χ0n) is 20.9. The van der Waals surface area contributed by atoms with Crippen LogP contribution in [0, 0.1) is 0 Å². The average molecular weight is 472 g/mol. The van der Waals surface area contributed by atoms with Crippen molar-refractivity contribution in [2.75, 3.05) is 44.2 Å². The van der Waals surface area contributed by atoms with Crippen molar-refractivity contribution in [3.8, 4) is 11.1 Å². The molecule has 0 unspecified atom stereocenters. The van der Waals surface area contributed by atoms with Gasteiger partial charge in [0.2, 0.25) is 0 Å². The van der Waals surface area contributed by atoms with Crippen LogP contribution >= 0.6 is 0 Å². The van der Waals surface area contributed by atoms with E-state index in [1.807, 2.05) is 35.2 Å². The first-order chi connectivity index (χ1) is 17.3. The molecule has 2 fully saturated rings. The smallest absolute Gasteiger partial charge is 0.162 e. The Bertz CT molecular complexity index is 1170. The van der Waals surface area contributed by atoms with Crippen molar-refractivity contribution in [2.45, 2.75) is 45.1 Å². The number of unbranched alkanes of at least 4 members (excludes halogenated alkanes) is 2. The zero-order valence-corrected chi connectivity index (χ0v) is 20.9. The van der Waals surface area contributed by atoms with Crippen molar-refractivity contribution < 1.29 is 0 Å². The Morgan fingerprint density at radius 3 is 2.69 bits per heavy atom. The first-order valence-corrected chi connectivity index (χ1v) is 13.1. The van der Waals surface area contributed by atoms with Gasteiger partial charge < -0.3 is 10.2 Å². The molecule has 184 valence electrons. The Hall–Kier alpha value is -3.03. The predicted octanol–water partition coefficient (Wildman–Crippen LogP) is 4.51. The number of hydrogen-bond donors (Lipinski definition) is 1. The lowest BCUT2D eigenvalue weighted by Crippen LogP contribution is -2.52. The molecule has 0 amide bonds. The summed E-state index contributed by atoms with van der Waals surface area (Å²) in [6.45, 7) is 13.0. The SMILES string of the molecule is C=Cc1c(-c2cnn3cc(N4CCC(N5CCNCC5)CC4)cnc23)ccnc1/C=C\CCCC. The molecular weight excluding hydrogens is 434 g/mol. The molecule has 1 N–H and O–H groups in total. The number of piperazine rings is 1. The van der Waals surface area contributed by atoms with Gasteiger partial charge in [0, 0.05) is 62.6 Å². The van der Waals surface area contributed by atoms with Crippen molar-refractivity contribution in [1.82, 2.24) is 29.8 Å². The Labute approximate surface area is 208 Å². The van der Waals surface area contributed by atoms with E-state index in [-0.39, 0.29) is 0 Å². The maximum absolute atomic E-state index is 4.86. The summed E-state index contributed by atoms with van der Waals surface area (Å²) in [7, 11) is 0. The van der Waals surface area contributed by atoms with Crippen molar-refractivity contribution >= 4 is 23.5 Å². The Balaban J connectivity index is 1.34. The minimum Gasteiger partial charge on any atom is -0.369 e. The largest absolute Gasteiger partial charge is 0.369 e. The van der Waals surface area contributed by atoms with Gasteiger partial charge in [0.05, 0.1) is 30.0 Å². The second kappa shape index (κ2) is 11.1. The minimum atomic E-state index is 0.704. The highest BCUT2D eigenvalue weighted by atomic mass is 15.3. The third kappa shape index (κ3) is 5.16. The lowest BCUT2D eigenvalue weighted by molar-refractivity contribution is 0.150. The summed E-state index contributed by atoms with van der Waals surface area (Å²) in [5.41, 5.74) is 6.04. The summed E-state index contributed by atoms with van der Waals surface area (Å²) in [6.07, 6.45) is 20.0. The molecule has 5 heterocycles. The number of nitrogens with zero attached hydrogens (tertiary/aromatic N) is 6. The van der Waals surface area contributed by atoms with Gasteiger partial charge in [-0.15, -0.1) is 0 Å². The number of allylic oxidation sites excluding steroid dienone is 1. The molecule has 3 aromatic rings. The van der Waals surface area contributed by atoms with Crippen LogP contribution in [-0.4, -0.2) is 69.8 Å².